The van der Waals surface area contributed by atoms with E-state index in [0.717, 1.165) is 48.0 Å². The standard InChI is InChI=1S/C19H24N4O2S/c1-5-15-12(3)26-19-17(15)18(20-10-21-19)23-8-13(16(9-23)24-4)7-14-6-11(2)22-25-14/h6,10,13,16H,5,7-9H2,1-4H3/t13-,16+/m1/s1. The van der Waals surface area contributed by atoms with Crippen molar-refractivity contribution in [2.24, 2.45) is 5.92 Å². The zero-order chi connectivity index (χ0) is 18.3. The van der Waals surface area contributed by atoms with Crippen LogP contribution in [0.25, 0.3) is 10.2 Å². The van der Waals surface area contributed by atoms with Gasteiger partial charge in [-0.25, -0.2) is 9.97 Å². The predicted octanol–water partition coefficient (Wildman–Crippen LogP) is 3.55. The zero-order valence-electron chi connectivity index (χ0n) is 15.7. The Balaban J connectivity index is 1.65. The number of hydrogen-bond donors (Lipinski definition) is 0. The molecule has 4 heterocycles. The van der Waals surface area contributed by atoms with Crippen LogP contribution >= 0.6 is 11.3 Å². The molecule has 0 N–H and O–H groups in total. The molecular formula is C19H24N4O2S. The van der Waals surface area contributed by atoms with Crippen molar-refractivity contribution in [2.45, 2.75) is 39.7 Å². The Bertz CT molecular complexity index is 920. The maximum atomic E-state index is 5.78. The third-order valence-electron chi connectivity index (χ3n) is 5.25. The lowest BCUT2D eigenvalue weighted by Gasteiger charge is -2.18. The zero-order valence-corrected chi connectivity index (χ0v) is 16.5. The van der Waals surface area contributed by atoms with Gasteiger partial charge in [-0.1, -0.05) is 12.1 Å². The number of fused-ring (bicyclic) bond motifs is 1. The Labute approximate surface area is 157 Å². The van der Waals surface area contributed by atoms with E-state index < -0.39 is 0 Å². The highest BCUT2D eigenvalue weighted by Crippen LogP contribution is 2.37. The Morgan fingerprint density at radius 2 is 2.15 bits per heavy atom. The smallest absolute Gasteiger partial charge is 0.141 e. The van der Waals surface area contributed by atoms with E-state index in [0.29, 0.717) is 5.92 Å². The molecule has 7 heteroatoms. The van der Waals surface area contributed by atoms with Crippen LogP contribution < -0.4 is 4.90 Å². The monoisotopic (exact) mass is 372 g/mol. The van der Waals surface area contributed by atoms with E-state index in [9.17, 15) is 0 Å². The molecule has 1 fully saturated rings. The molecule has 1 aliphatic heterocycles. The second kappa shape index (κ2) is 6.96. The Morgan fingerprint density at radius 3 is 2.85 bits per heavy atom. The Morgan fingerprint density at radius 1 is 1.31 bits per heavy atom. The number of anilines is 1. The molecule has 26 heavy (non-hydrogen) atoms. The molecule has 0 unspecified atom stereocenters. The summed E-state index contributed by atoms with van der Waals surface area (Å²) in [4.78, 5) is 13.9. The van der Waals surface area contributed by atoms with Crippen molar-refractivity contribution in [2.75, 3.05) is 25.1 Å². The maximum absolute atomic E-state index is 5.78. The van der Waals surface area contributed by atoms with Gasteiger partial charge in [0.2, 0.25) is 0 Å². The highest BCUT2D eigenvalue weighted by Gasteiger charge is 2.35. The lowest BCUT2D eigenvalue weighted by molar-refractivity contribution is 0.0813. The van der Waals surface area contributed by atoms with Gasteiger partial charge in [0, 0.05) is 43.5 Å². The topological polar surface area (TPSA) is 64.3 Å². The van der Waals surface area contributed by atoms with Crippen molar-refractivity contribution in [3.63, 3.8) is 0 Å². The molecule has 2 atom stereocenters. The van der Waals surface area contributed by atoms with Gasteiger partial charge in [0.25, 0.3) is 0 Å². The predicted molar refractivity (Wildman–Crippen MR) is 103 cm³/mol. The van der Waals surface area contributed by atoms with Gasteiger partial charge in [-0.15, -0.1) is 11.3 Å². The van der Waals surface area contributed by atoms with Gasteiger partial charge in [0.05, 0.1) is 17.2 Å². The molecule has 1 aliphatic rings. The summed E-state index contributed by atoms with van der Waals surface area (Å²) in [6.45, 7) is 8.04. The first kappa shape index (κ1) is 17.4. The van der Waals surface area contributed by atoms with Crippen molar-refractivity contribution in [3.05, 3.63) is 34.3 Å². The van der Waals surface area contributed by atoms with Crippen molar-refractivity contribution < 1.29 is 9.26 Å². The summed E-state index contributed by atoms with van der Waals surface area (Å²) in [7, 11) is 1.79. The molecule has 3 aromatic rings. The van der Waals surface area contributed by atoms with Crippen molar-refractivity contribution in [1.29, 1.82) is 0 Å². The molecule has 3 aromatic heterocycles. The van der Waals surface area contributed by atoms with Gasteiger partial charge in [0.1, 0.15) is 22.7 Å². The van der Waals surface area contributed by atoms with Gasteiger partial charge in [-0.2, -0.15) is 0 Å². The molecule has 4 rings (SSSR count). The number of methoxy groups -OCH3 is 1. The van der Waals surface area contributed by atoms with Gasteiger partial charge in [0.15, 0.2) is 0 Å². The third-order valence-corrected chi connectivity index (χ3v) is 6.30. The molecule has 0 spiro atoms. The molecule has 0 aromatic carbocycles. The summed E-state index contributed by atoms with van der Waals surface area (Å²) in [5, 5.41) is 5.22. The molecular weight excluding hydrogens is 348 g/mol. The van der Waals surface area contributed by atoms with Crippen LogP contribution in [0.2, 0.25) is 0 Å². The minimum absolute atomic E-state index is 0.148. The van der Waals surface area contributed by atoms with E-state index in [4.69, 9.17) is 9.26 Å². The van der Waals surface area contributed by atoms with Crippen molar-refractivity contribution in [1.82, 2.24) is 15.1 Å². The quantitative estimate of drug-likeness (QED) is 0.682. The van der Waals surface area contributed by atoms with E-state index in [1.807, 2.05) is 13.0 Å². The largest absolute Gasteiger partial charge is 0.379 e. The first-order valence-corrected chi connectivity index (χ1v) is 9.85. The number of ether oxygens (including phenoxy) is 1. The first-order chi connectivity index (χ1) is 12.6. The molecule has 0 saturated carbocycles. The average molecular weight is 372 g/mol. The molecule has 0 radical (unpaired) electrons. The summed E-state index contributed by atoms with van der Waals surface area (Å²) in [5.41, 5.74) is 2.28. The van der Waals surface area contributed by atoms with Crippen LogP contribution in [-0.2, 0) is 17.6 Å². The number of aryl methyl sites for hydroxylation is 3. The number of thiophene rings is 1. The van der Waals surface area contributed by atoms with Gasteiger partial charge >= 0.3 is 0 Å². The summed E-state index contributed by atoms with van der Waals surface area (Å²) in [5.74, 6) is 2.31. The fraction of sp³-hybridized carbons (Fsp3) is 0.526. The number of nitrogens with zero attached hydrogens (tertiary/aromatic N) is 4. The van der Waals surface area contributed by atoms with Gasteiger partial charge in [-0.3, -0.25) is 0 Å². The van der Waals surface area contributed by atoms with Crippen molar-refractivity contribution >= 4 is 27.4 Å². The Kier molecular flexibility index (Phi) is 4.67. The van der Waals surface area contributed by atoms with Crippen LogP contribution in [-0.4, -0.2) is 41.4 Å². The second-order valence-corrected chi connectivity index (χ2v) is 8.15. The number of hydrogen-bond acceptors (Lipinski definition) is 7. The van der Waals surface area contributed by atoms with E-state index in [1.54, 1.807) is 24.8 Å². The highest BCUT2D eigenvalue weighted by molar-refractivity contribution is 7.18. The number of rotatable bonds is 5. The lowest BCUT2D eigenvalue weighted by Crippen LogP contribution is -2.24. The number of aromatic nitrogens is 3. The Hall–Kier alpha value is -1.99. The summed E-state index contributed by atoms with van der Waals surface area (Å²) in [6, 6.07) is 2.01. The van der Waals surface area contributed by atoms with E-state index in [2.05, 4.69) is 33.9 Å². The van der Waals surface area contributed by atoms with Crippen LogP contribution in [0.1, 0.15) is 28.8 Å². The average Bonchev–Trinajstić information content (AvgIpc) is 3.31. The summed E-state index contributed by atoms with van der Waals surface area (Å²) >= 11 is 1.76. The molecule has 0 amide bonds. The first-order valence-electron chi connectivity index (χ1n) is 9.03. The van der Waals surface area contributed by atoms with Crippen LogP contribution in [0.15, 0.2) is 16.9 Å². The van der Waals surface area contributed by atoms with E-state index in [-0.39, 0.29) is 6.10 Å². The van der Waals surface area contributed by atoms with Gasteiger partial charge in [-0.05, 0) is 25.8 Å². The fourth-order valence-electron chi connectivity index (χ4n) is 4.00. The van der Waals surface area contributed by atoms with Crippen LogP contribution in [0.4, 0.5) is 5.82 Å². The SMILES string of the molecule is CCc1c(C)sc2ncnc(N3C[C@@H](Cc4cc(C)no4)[C@@H](OC)C3)c12. The minimum Gasteiger partial charge on any atom is -0.379 e. The molecule has 1 saturated heterocycles. The lowest BCUT2D eigenvalue weighted by atomic mass is 10.0. The second-order valence-electron chi connectivity index (χ2n) is 6.95. The maximum Gasteiger partial charge on any atom is 0.141 e. The molecule has 0 bridgehead atoms. The molecule has 138 valence electrons. The summed E-state index contributed by atoms with van der Waals surface area (Å²) < 4.78 is 11.2. The third kappa shape index (κ3) is 2.99. The fourth-order valence-corrected chi connectivity index (χ4v) is 5.07. The van der Waals surface area contributed by atoms with Gasteiger partial charge < -0.3 is 14.2 Å². The van der Waals surface area contributed by atoms with E-state index in [1.165, 1.54) is 15.8 Å². The van der Waals surface area contributed by atoms with Crippen molar-refractivity contribution in [3.8, 4) is 0 Å². The highest BCUT2D eigenvalue weighted by atomic mass is 32.1. The summed E-state index contributed by atoms with van der Waals surface area (Å²) in [6.07, 6.45) is 3.65. The minimum atomic E-state index is 0.148. The molecule has 6 nitrogen and oxygen atoms in total. The molecule has 0 aliphatic carbocycles. The van der Waals surface area contributed by atoms with E-state index >= 15 is 0 Å². The van der Waals surface area contributed by atoms with Crippen LogP contribution in [0.5, 0.6) is 0 Å². The van der Waals surface area contributed by atoms with Crippen LogP contribution in [0, 0.1) is 19.8 Å². The normalized spacial score (nSPS) is 20.4. The van der Waals surface area contributed by atoms with Crippen LogP contribution in [0.3, 0.4) is 0 Å².